The number of hydrogen-bond donors (Lipinski definition) is 1. The fourth-order valence-electron chi connectivity index (χ4n) is 2.98. The van der Waals surface area contributed by atoms with E-state index < -0.39 is 0 Å². The second kappa shape index (κ2) is 10.5. The van der Waals surface area contributed by atoms with Gasteiger partial charge in [0.25, 0.3) is 0 Å². The molecule has 5 heteroatoms. The molecule has 1 fully saturated rings. The highest BCUT2D eigenvalue weighted by Gasteiger charge is 2.08. The van der Waals surface area contributed by atoms with E-state index in [1.807, 2.05) is 36.4 Å². The van der Waals surface area contributed by atoms with Gasteiger partial charge in [0, 0.05) is 24.7 Å². The monoisotopic (exact) mass is 374 g/mol. The van der Waals surface area contributed by atoms with E-state index >= 15 is 0 Å². The second-order valence-electron chi connectivity index (χ2n) is 6.55. The molecule has 1 aliphatic heterocycles. The quantitative estimate of drug-likeness (QED) is 0.678. The van der Waals surface area contributed by atoms with Gasteiger partial charge in [-0.25, -0.2) is 0 Å². The molecule has 0 atom stereocenters. The number of rotatable bonds is 9. The van der Waals surface area contributed by atoms with Crippen LogP contribution in [0.3, 0.4) is 0 Å². The average molecular weight is 375 g/mol. The first-order chi connectivity index (χ1) is 12.8. The molecule has 0 amide bonds. The van der Waals surface area contributed by atoms with Crippen LogP contribution in [0, 0.1) is 0 Å². The zero-order valence-electron chi connectivity index (χ0n) is 15.1. The van der Waals surface area contributed by atoms with Gasteiger partial charge in [0.1, 0.15) is 12.4 Å². The fraction of sp³-hybridized carbons (Fsp3) is 0.429. The minimum atomic E-state index is 0.549. The second-order valence-corrected chi connectivity index (χ2v) is 6.98. The summed E-state index contributed by atoms with van der Waals surface area (Å²) in [6.45, 7) is 7.44. The van der Waals surface area contributed by atoms with Crippen molar-refractivity contribution in [3.05, 3.63) is 64.7 Å². The van der Waals surface area contributed by atoms with Gasteiger partial charge in [0.15, 0.2) is 0 Å². The Balaban J connectivity index is 1.36. The van der Waals surface area contributed by atoms with Crippen molar-refractivity contribution in [1.82, 2.24) is 10.2 Å². The SMILES string of the molecule is Clc1ccc(COc2cccc(CNCCCN3CCOCC3)c2)cc1. The molecule has 4 nitrogen and oxygen atoms in total. The van der Waals surface area contributed by atoms with Crippen LogP contribution in [0.4, 0.5) is 0 Å². The lowest BCUT2D eigenvalue weighted by Gasteiger charge is -2.26. The summed E-state index contributed by atoms with van der Waals surface area (Å²) in [4.78, 5) is 2.47. The fourth-order valence-corrected chi connectivity index (χ4v) is 3.10. The van der Waals surface area contributed by atoms with Gasteiger partial charge >= 0.3 is 0 Å². The van der Waals surface area contributed by atoms with Crippen molar-refractivity contribution in [1.29, 1.82) is 0 Å². The van der Waals surface area contributed by atoms with E-state index in [1.54, 1.807) is 0 Å². The van der Waals surface area contributed by atoms with Crippen LogP contribution < -0.4 is 10.1 Å². The number of ether oxygens (including phenoxy) is 2. The Morgan fingerprint density at radius 1 is 1.04 bits per heavy atom. The summed E-state index contributed by atoms with van der Waals surface area (Å²) in [6, 6.07) is 16.0. The van der Waals surface area contributed by atoms with Crippen molar-refractivity contribution in [3.63, 3.8) is 0 Å². The number of halogens is 1. The molecule has 0 aliphatic carbocycles. The molecule has 140 valence electrons. The van der Waals surface area contributed by atoms with Crippen molar-refractivity contribution in [2.24, 2.45) is 0 Å². The predicted octanol–water partition coefficient (Wildman–Crippen LogP) is 3.73. The van der Waals surface area contributed by atoms with E-state index in [1.165, 1.54) is 5.56 Å². The van der Waals surface area contributed by atoms with E-state index in [2.05, 4.69) is 22.3 Å². The first kappa shape index (κ1) is 19.2. The highest BCUT2D eigenvalue weighted by molar-refractivity contribution is 6.30. The molecule has 0 bridgehead atoms. The third-order valence-electron chi connectivity index (χ3n) is 4.48. The van der Waals surface area contributed by atoms with Gasteiger partial charge in [-0.2, -0.15) is 0 Å². The van der Waals surface area contributed by atoms with Crippen molar-refractivity contribution in [3.8, 4) is 5.75 Å². The van der Waals surface area contributed by atoms with Crippen LogP contribution in [0.2, 0.25) is 5.02 Å². The van der Waals surface area contributed by atoms with Crippen LogP contribution in [-0.2, 0) is 17.9 Å². The molecule has 1 saturated heterocycles. The molecule has 0 saturated carbocycles. The van der Waals surface area contributed by atoms with E-state index in [4.69, 9.17) is 21.1 Å². The largest absolute Gasteiger partial charge is 0.489 e. The van der Waals surface area contributed by atoms with Gasteiger partial charge in [0.2, 0.25) is 0 Å². The van der Waals surface area contributed by atoms with Crippen molar-refractivity contribution >= 4 is 11.6 Å². The maximum atomic E-state index is 5.91. The molecule has 2 aromatic carbocycles. The topological polar surface area (TPSA) is 33.7 Å². The predicted molar refractivity (Wildman–Crippen MR) is 106 cm³/mol. The molecule has 1 N–H and O–H groups in total. The summed E-state index contributed by atoms with van der Waals surface area (Å²) in [5.41, 5.74) is 2.35. The van der Waals surface area contributed by atoms with Crippen LogP contribution >= 0.6 is 11.6 Å². The zero-order chi connectivity index (χ0) is 18.0. The number of nitrogens with zero attached hydrogens (tertiary/aromatic N) is 1. The standard InChI is InChI=1S/C21H27ClN2O2/c22-20-7-5-18(6-8-20)17-26-21-4-1-3-19(15-21)16-23-9-2-10-24-11-13-25-14-12-24/h1,3-8,15,23H,2,9-14,16-17H2. The third-order valence-corrected chi connectivity index (χ3v) is 4.73. The Morgan fingerprint density at radius 3 is 2.65 bits per heavy atom. The van der Waals surface area contributed by atoms with Gasteiger partial charge in [-0.05, 0) is 54.9 Å². The molecular weight excluding hydrogens is 348 g/mol. The zero-order valence-corrected chi connectivity index (χ0v) is 15.9. The highest BCUT2D eigenvalue weighted by Crippen LogP contribution is 2.16. The number of benzene rings is 2. The molecule has 0 unspecified atom stereocenters. The maximum absolute atomic E-state index is 5.91. The molecule has 1 heterocycles. The molecule has 0 aromatic heterocycles. The van der Waals surface area contributed by atoms with Gasteiger partial charge in [-0.15, -0.1) is 0 Å². The van der Waals surface area contributed by atoms with Gasteiger partial charge in [-0.1, -0.05) is 35.9 Å². The number of nitrogens with one attached hydrogen (secondary N) is 1. The van der Waals surface area contributed by atoms with Crippen LogP contribution in [0.15, 0.2) is 48.5 Å². The lowest BCUT2D eigenvalue weighted by atomic mass is 10.2. The van der Waals surface area contributed by atoms with Crippen molar-refractivity contribution < 1.29 is 9.47 Å². The summed E-state index contributed by atoms with van der Waals surface area (Å²) in [6.07, 6.45) is 1.16. The minimum Gasteiger partial charge on any atom is -0.489 e. The van der Waals surface area contributed by atoms with Gasteiger partial charge in [0.05, 0.1) is 13.2 Å². The highest BCUT2D eigenvalue weighted by atomic mass is 35.5. The van der Waals surface area contributed by atoms with E-state index in [9.17, 15) is 0 Å². The molecule has 0 radical (unpaired) electrons. The number of hydrogen-bond acceptors (Lipinski definition) is 4. The summed E-state index contributed by atoms with van der Waals surface area (Å²) < 4.78 is 11.3. The Kier molecular flexibility index (Phi) is 7.77. The van der Waals surface area contributed by atoms with Crippen LogP contribution in [0.1, 0.15) is 17.5 Å². The summed E-state index contributed by atoms with van der Waals surface area (Å²) in [7, 11) is 0. The Hall–Kier alpha value is -1.59. The Morgan fingerprint density at radius 2 is 1.85 bits per heavy atom. The third kappa shape index (κ3) is 6.61. The molecule has 0 spiro atoms. The number of morpholine rings is 1. The van der Waals surface area contributed by atoms with E-state index in [0.29, 0.717) is 6.61 Å². The molecule has 3 rings (SSSR count). The molecular formula is C21H27ClN2O2. The van der Waals surface area contributed by atoms with E-state index in [-0.39, 0.29) is 0 Å². The summed E-state index contributed by atoms with van der Waals surface area (Å²) in [5, 5.41) is 4.27. The summed E-state index contributed by atoms with van der Waals surface area (Å²) >= 11 is 5.91. The molecule has 2 aromatic rings. The molecule has 26 heavy (non-hydrogen) atoms. The van der Waals surface area contributed by atoms with Gasteiger partial charge in [-0.3, -0.25) is 4.90 Å². The smallest absolute Gasteiger partial charge is 0.120 e. The van der Waals surface area contributed by atoms with Crippen molar-refractivity contribution in [2.45, 2.75) is 19.6 Å². The van der Waals surface area contributed by atoms with Crippen LogP contribution in [-0.4, -0.2) is 44.3 Å². The average Bonchev–Trinajstić information content (AvgIpc) is 2.68. The van der Waals surface area contributed by atoms with E-state index in [0.717, 1.165) is 68.7 Å². The van der Waals surface area contributed by atoms with Gasteiger partial charge < -0.3 is 14.8 Å². The van der Waals surface area contributed by atoms with Crippen LogP contribution in [0.5, 0.6) is 5.75 Å². The van der Waals surface area contributed by atoms with Crippen LogP contribution in [0.25, 0.3) is 0 Å². The lowest BCUT2D eigenvalue weighted by Crippen LogP contribution is -2.37. The Labute approximate surface area is 161 Å². The summed E-state index contributed by atoms with van der Waals surface area (Å²) in [5.74, 6) is 0.896. The first-order valence-electron chi connectivity index (χ1n) is 9.26. The Bertz CT molecular complexity index is 657. The first-order valence-corrected chi connectivity index (χ1v) is 9.64. The maximum Gasteiger partial charge on any atom is 0.120 e. The lowest BCUT2D eigenvalue weighted by molar-refractivity contribution is 0.0374. The molecule has 1 aliphatic rings. The van der Waals surface area contributed by atoms with Crippen molar-refractivity contribution in [2.75, 3.05) is 39.4 Å². The minimum absolute atomic E-state index is 0.549. The normalized spacial score (nSPS) is 15.1.